The molecule has 2 bridgehead atoms. The molecule has 0 radical (unpaired) electrons. The van der Waals surface area contributed by atoms with Crippen molar-refractivity contribution < 1.29 is 9.53 Å². The maximum atomic E-state index is 13.0. The highest BCUT2D eigenvalue weighted by Gasteiger charge is 2.44. The van der Waals surface area contributed by atoms with Crippen molar-refractivity contribution in [2.24, 2.45) is 0 Å². The number of pyridine rings is 1. The number of ether oxygens (including phenoxy) is 1. The molecule has 2 aromatic carbocycles. The Bertz CT molecular complexity index is 1230. The summed E-state index contributed by atoms with van der Waals surface area (Å²) in [5, 5.41) is 0. The van der Waals surface area contributed by atoms with Crippen molar-refractivity contribution in [2.45, 2.75) is 64.2 Å². The van der Waals surface area contributed by atoms with Crippen LogP contribution in [0.15, 0.2) is 66.9 Å². The summed E-state index contributed by atoms with van der Waals surface area (Å²) in [4.78, 5) is 24.7. The van der Waals surface area contributed by atoms with E-state index < -0.39 is 0 Å². The van der Waals surface area contributed by atoms with Gasteiger partial charge >= 0.3 is 0 Å². The molecule has 1 amide bonds. The second-order valence-corrected chi connectivity index (χ2v) is 10.1. The Kier molecular flexibility index (Phi) is 6.13. The molecule has 4 heterocycles. The van der Waals surface area contributed by atoms with Crippen LogP contribution in [0.4, 0.5) is 11.4 Å². The molecule has 3 aromatic rings. The lowest BCUT2D eigenvalue weighted by molar-refractivity contribution is 0.0772. The first-order valence-electron chi connectivity index (χ1n) is 13.3. The molecule has 2 atom stereocenters. The van der Waals surface area contributed by atoms with Gasteiger partial charge in [-0.2, -0.15) is 0 Å². The molecule has 0 saturated carbocycles. The number of aromatic nitrogens is 1. The van der Waals surface area contributed by atoms with Gasteiger partial charge < -0.3 is 14.5 Å². The average molecular weight is 483 g/mol. The van der Waals surface area contributed by atoms with Gasteiger partial charge in [-0.05, 0) is 82.0 Å². The molecule has 36 heavy (non-hydrogen) atoms. The fraction of sp³-hybridized carbons (Fsp3) is 0.400. The normalized spacial score (nSPS) is 22.5. The third-order valence-corrected chi connectivity index (χ3v) is 8.16. The molecular formula is C30H34N4O2. The van der Waals surface area contributed by atoms with Crippen LogP contribution in [0.2, 0.25) is 0 Å². The number of hydrogen-bond acceptors (Lipinski definition) is 5. The fourth-order valence-electron chi connectivity index (χ4n) is 6.40. The number of para-hydroxylation sites is 2. The van der Waals surface area contributed by atoms with Gasteiger partial charge in [-0.25, -0.2) is 0 Å². The van der Waals surface area contributed by atoms with Gasteiger partial charge in [0.2, 0.25) is 0 Å². The maximum Gasteiger partial charge on any atom is 0.253 e. The standard InChI is InChI=1S/C30H34N4O2/c1-3-32(4-2)30(35)21-12-15-27-29(17-21)36-28-11-6-5-10-26(28)34(27)25-18-23-13-14-24(19-25)33(23)20-22-9-7-8-16-31-22/h5-12,15-17,23-25H,3-4,13-14,18-20H2,1-2H3. The van der Waals surface area contributed by atoms with Crippen LogP contribution < -0.4 is 9.64 Å². The molecule has 0 aliphatic carbocycles. The number of benzene rings is 2. The Labute approximate surface area is 213 Å². The van der Waals surface area contributed by atoms with Crippen molar-refractivity contribution in [1.82, 2.24) is 14.8 Å². The van der Waals surface area contributed by atoms with Gasteiger partial charge in [-0.1, -0.05) is 18.2 Å². The minimum absolute atomic E-state index is 0.0534. The van der Waals surface area contributed by atoms with Crippen molar-refractivity contribution in [2.75, 3.05) is 18.0 Å². The topological polar surface area (TPSA) is 48.9 Å². The van der Waals surface area contributed by atoms with Crippen LogP contribution in [0.5, 0.6) is 11.5 Å². The van der Waals surface area contributed by atoms with Gasteiger partial charge in [0, 0.05) is 49.5 Å². The van der Waals surface area contributed by atoms with E-state index in [1.165, 1.54) is 12.8 Å². The zero-order chi connectivity index (χ0) is 24.6. The summed E-state index contributed by atoms with van der Waals surface area (Å²) in [6.07, 6.45) is 6.59. The average Bonchev–Trinajstić information content (AvgIpc) is 3.14. The van der Waals surface area contributed by atoms with E-state index in [0.717, 1.165) is 48.0 Å². The van der Waals surface area contributed by atoms with Crippen LogP contribution in [-0.4, -0.2) is 51.9 Å². The lowest BCUT2D eigenvalue weighted by Crippen LogP contribution is -2.49. The van der Waals surface area contributed by atoms with Crippen molar-refractivity contribution in [1.29, 1.82) is 0 Å². The van der Waals surface area contributed by atoms with Gasteiger partial charge in [-0.15, -0.1) is 0 Å². The number of nitrogens with zero attached hydrogens (tertiary/aromatic N) is 4. The van der Waals surface area contributed by atoms with E-state index in [0.29, 0.717) is 36.8 Å². The Morgan fingerprint density at radius 3 is 2.36 bits per heavy atom. The lowest BCUT2D eigenvalue weighted by Gasteiger charge is -2.46. The van der Waals surface area contributed by atoms with Gasteiger partial charge in [0.1, 0.15) is 0 Å². The van der Waals surface area contributed by atoms with Gasteiger partial charge in [-0.3, -0.25) is 14.7 Å². The maximum absolute atomic E-state index is 13.0. The van der Waals surface area contributed by atoms with E-state index in [-0.39, 0.29) is 5.91 Å². The first-order chi connectivity index (χ1) is 17.7. The number of anilines is 2. The minimum atomic E-state index is 0.0534. The van der Waals surface area contributed by atoms with Crippen molar-refractivity contribution in [3.05, 3.63) is 78.1 Å². The largest absolute Gasteiger partial charge is 0.453 e. The molecule has 0 N–H and O–H groups in total. The van der Waals surface area contributed by atoms with Crippen molar-refractivity contribution >= 4 is 17.3 Å². The van der Waals surface area contributed by atoms with Crippen LogP contribution >= 0.6 is 0 Å². The summed E-state index contributed by atoms with van der Waals surface area (Å²) in [5.41, 5.74) is 4.02. The van der Waals surface area contributed by atoms with Crippen LogP contribution in [0.3, 0.4) is 0 Å². The Morgan fingerprint density at radius 2 is 1.64 bits per heavy atom. The molecule has 6 heteroatoms. The van der Waals surface area contributed by atoms with Crippen molar-refractivity contribution in [3.8, 4) is 11.5 Å². The number of fused-ring (bicyclic) bond motifs is 4. The highest BCUT2D eigenvalue weighted by atomic mass is 16.5. The predicted molar refractivity (Wildman–Crippen MR) is 142 cm³/mol. The summed E-state index contributed by atoms with van der Waals surface area (Å²) in [6, 6.07) is 22.0. The molecule has 6 rings (SSSR count). The van der Waals surface area contributed by atoms with E-state index in [1.807, 2.05) is 55.3 Å². The van der Waals surface area contributed by atoms with E-state index in [4.69, 9.17) is 4.74 Å². The minimum Gasteiger partial charge on any atom is -0.453 e. The Balaban J connectivity index is 1.31. The van der Waals surface area contributed by atoms with Crippen LogP contribution in [0.25, 0.3) is 0 Å². The smallest absolute Gasteiger partial charge is 0.253 e. The number of hydrogen-bond donors (Lipinski definition) is 0. The van der Waals surface area contributed by atoms with E-state index >= 15 is 0 Å². The third-order valence-electron chi connectivity index (χ3n) is 8.16. The highest BCUT2D eigenvalue weighted by molar-refractivity contribution is 5.96. The monoisotopic (exact) mass is 482 g/mol. The summed E-state index contributed by atoms with van der Waals surface area (Å²) >= 11 is 0. The van der Waals surface area contributed by atoms with Crippen LogP contribution in [0.1, 0.15) is 55.6 Å². The van der Waals surface area contributed by atoms with Gasteiger partial charge in [0.05, 0.1) is 17.1 Å². The lowest BCUT2D eigenvalue weighted by atomic mass is 9.93. The molecule has 3 aliphatic heterocycles. The number of piperidine rings is 1. The predicted octanol–water partition coefficient (Wildman–Crippen LogP) is 6.00. The molecule has 186 valence electrons. The first kappa shape index (κ1) is 23.0. The highest BCUT2D eigenvalue weighted by Crippen LogP contribution is 2.51. The summed E-state index contributed by atoms with van der Waals surface area (Å²) in [5.74, 6) is 1.69. The number of amides is 1. The van der Waals surface area contributed by atoms with Gasteiger partial charge in [0.15, 0.2) is 11.5 Å². The summed E-state index contributed by atoms with van der Waals surface area (Å²) in [7, 11) is 0. The van der Waals surface area contributed by atoms with Crippen LogP contribution in [-0.2, 0) is 6.54 Å². The molecule has 2 unspecified atom stereocenters. The molecular weight excluding hydrogens is 448 g/mol. The van der Waals surface area contributed by atoms with Crippen molar-refractivity contribution in [3.63, 3.8) is 0 Å². The van der Waals surface area contributed by atoms with Gasteiger partial charge in [0.25, 0.3) is 5.91 Å². The third kappa shape index (κ3) is 4.03. The number of carbonyl (C=O) groups is 1. The molecule has 2 fully saturated rings. The summed E-state index contributed by atoms with van der Waals surface area (Å²) < 4.78 is 6.37. The first-order valence-corrected chi connectivity index (χ1v) is 13.3. The summed E-state index contributed by atoms with van der Waals surface area (Å²) in [6.45, 7) is 6.35. The van der Waals surface area contributed by atoms with E-state index in [2.05, 4.69) is 45.1 Å². The molecule has 2 saturated heterocycles. The molecule has 3 aliphatic rings. The molecule has 6 nitrogen and oxygen atoms in total. The zero-order valence-electron chi connectivity index (χ0n) is 21.1. The number of rotatable bonds is 6. The number of carbonyl (C=O) groups excluding carboxylic acids is 1. The SMILES string of the molecule is CCN(CC)C(=O)c1ccc2c(c1)Oc1ccccc1N2C1CC2CCC(C1)N2Cc1ccccn1. The second-order valence-electron chi connectivity index (χ2n) is 10.1. The van der Waals surface area contributed by atoms with E-state index in [9.17, 15) is 4.79 Å². The second kappa shape index (κ2) is 9.58. The van der Waals surface area contributed by atoms with Crippen LogP contribution in [0, 0.1) is 0 Å². The Hall–Kier alpha value is -3.38. The molecule has 0 spiro atoms. The molecule has 1 aromatic heterocycles. The van der Waals surface area contributed by atoms with E-state index in [1.54, 1.807) is 0 Å². The fourth-order valence-corrected chi connectivity index (χ4v) is 6.40. The zero-order valence-corrected chi connectivity index (χ0v) is 21.1. The quantitative estimate of drug-likeness (QED) is 0.431. The Morgan fingerprint density at radius 1 is 0.917 bits per heavy atom.